The van der Waals surface area contributed by atoms with Gasteiger partial charge in [0.05, 0.1) is 0 Å². The summed E-state index contributed by atoms with van der Waals surface area (Å²) in [5.74, 6) is 0.729. The summed E-state index contributed by atoms with van der Waals surface area (Å²) in [6, 6.07) is 0. The average Bonchev–Trinajstić information content (AvgIpc) is 2.67. The van der Waals surface area contributed by atoms with Crippen molar-refractivity contribution in [3.05, 3.63) is 43.8 Å². The van der Waals surface area contributed by atoms with Crippen LogP contribution in [0.2, 0.25) is 0 Å². The fraction of sp³-hybridized carbons (Fsp3) is 0.385. The van der Waals surface area contributed by atoms with E-state index in [1.54, 1.807) is 50.3 Å². The molecule has 0 saturated carbocycles. The fourth-order valence-electron chi connectivity index (χ4n) is 2.78. The maximum atomic E-state index is 2.33. The van der Waals surface area contributed by atoms with Crippen LogP contribution >= 0.6 is 0 Å². The Kier molecular flexibility index (Phi) is 4.87. The monoisotopic (exact) mass is 329 g/mol. The molecule has 3 heteroatoms. The van der Waals surface area contributed by atoms with Gasteiger partial charge in [-0.15, -0.1) is 0 Å². The van der Waals surface area contributed by atoms with Crippen molar-refractivity contribution in [3.8, 4) is 0 Å². The van der Waals surface area contributed by atoms with Gasteiger partial charge in [-0.3, -0.25) is 0 Å². The van der Waals surface area contributed by atoms with Crippen LogP contribution in [0.1, 0.15) is 26.2 Å². The van der Waals surface area contributed by atoms with E-state index in [2.05, 4.69) is 25.2 Å². The second kappa shape index (κ2) is 5.38. The van der Waals surface area contributed by atoms with Crippen LogP contribution in [-0.4, -0.2) is 0 Å². The molecule has 0 amide bonds. The van der Waals surface area contributed by atoms with E-state index in [1.165, 1.54) is 19.3 Å². The Morgan fingerprint density at radius 2 is 2.00 bits per heavy atom. The van der Waals surface area contributed by atoms with Crippen LogP contribution in [0, 0.1) is 5.92 Å². The Balaban J connectivity index is 0.000000640. The van der Waals surface area contributed by atoms with E-state index in [0.717, 1.165) is 5.92 Å². The van der Waals surface area contributed by atoms with Crippen molar-refractivity contribution in [1.29, 1.82) is 0 Å². The molecule has 0 N–H and O–H groups in total. The van der Waals surface area contributed by atoms with Crippen LogP contribution in [0.5, 0.6) is 0 Å². The van der Waals surface area contributed by atoms with Crippen molar-refractivity contribution in [1.82, 2.24) is 0 Å². The van der Waals surface area contributed by atoms with Crippen molar-refractivity contribution in [2.45, 2.75) is 26.2 Å². The van der Waals surface area contributed by atoms with Gasteiger partial charge in [0, 0.05) is 0 Å². The number of allylic oxidation sites excluding steroid dienone is 8. The van der Waals surface area contributed by atoms with Crippen molar-refractivity contribution >= 4 is 0 Å². The van der Waals surface area contributed by atoms with E-state index in [1.807, 2.05) is 0 Å². The van der Waals surface area contributed by atoms with Crippen molar-refractivity contribution in [2.75, 3.05) is 0 Å². The summed E-state index contributed by atoms with van der Waals surface area (Å²) in [7, 11) is 0. The maximum absolute atomic E-state index is 2.33. The second-order valence-corrected chi connectivity index (χ2v) is 5.67. The summed E-state index contributed by atoms with van der Waals surface area (Å²) >= 11 is 1.62. The summed E-state index contributed by atoms with van der Waals surface area (Å²) < 4.78 is 1.70. The minimum atomic E-state index is 0. The third-order valence-electron chi connectivity index (χ3n) is 3.70. The number of halogens is 2. The molecule has 0 aromatic carbocycles. The van der Waals surface area contributed by atoms with Crippen LogP contribution in [0.3, 0.4) is 0 Å². The van der Waals surface area contributed by atoms with Crippen LogP contribution in [0.4, 0.5) is 0 Å². The first-order valence-electron chi connectivity index (χ1n) is 5.29. The van der Waals surface area contributed by atoms with Crippen molar-refractivity contribution in [3.63, 3.8) is 0 Å². The normalized spacial score (nSPS) is 25.9. The maximum Gasteiger partial charge on any atom is -1.00 e. The van der Waals surface area contributed by atoms with Crippen LogP contribution < -0.4 is 24.8 Å². The molecule has 0 spiro atoms. The van der Waals surface area contributed by atoms with Gasteiger partial charge in [0.2, 0.25) is 0 Å². The molecule has 0 fully saturated rings. The first-order chi connectivity index (χ1) is 6.79. The molecule has 0 heterocycles. The smallest absolute Gasteiger partial charge is 1.00 e. The van der Waals surface area contributed by atoms with Gasteiger partial charge in [0.1, 0.15) is 0 Å². The van der Waals surface area contributed by atoms with Gasteiger partial charge in [-0.05, 0) is 0 Å². The molecule has 16 heavy (non-hydrogen) atoms. The minimum absolute atomic E-state index is 0. The summed E-state index contributed by atoms with van der Waals surface area (Å²) in [6.07, 6.45) is 10.7. The standard InChI is InChI=1S/C13H13.2ClH.Zr/c1-9-8-13(10-4-2-3-5-10)12-7-6-11(9)12;;;/h2-4,13H,5-7H2,1H3;2*1H;/q;;;+2/p-2. The molecule has 0 radical (unpaired) electrons. The van der Waals surface area contributed by atoms with Crippen molar-refractivity contribution in [2.24, 2.45) is 5.92 Å². The molecule has 0 aliphatic heterocycles. The molecule has 1 unspecified atom stereocenters. The quantitative estimate of drug-likeness (QED) is 0.495. The SMILES string of the molecule is CC1=[C]([Zr+2])C(C2=CC=CC2)C2=C1CC2.[Cl-].[Cl-]. The van der Waals surface area contributed by atoms with Gasteiger partial charge in [-0.1, -0.05) is 0 Å². The van der Waals surface area contributed by atoms with Crippen LogP contribution in [0.15, 0.2) is 43.8 Å². The molecule has 1 atom stereocenters. The van der Waals surface area contributed by atoms with Gasteiger partial charge >= 0.3 is 101 Å². The van der Waals surface area contributed by atoms with Gasteiger partial charge < -0.3 is 24.8 Å². The van der Waals surface area contributed by atoms with Gasteiger partial charge in [0.15, 0.2) is 0 Å². The zero-order chi connectivity index (χ0) is 9.71. The van der Waals surface area contributed by atoms with E-state index < -0.39 is 0 Å². The first kappa shape index (κ1) is 14.5. The molecular weight excluding hydrogens is 318 g/mol. The molecule has 0 saturated heterocycles. The molecule has 83 valence electrons. The average molecular weight is 331 g/mol. The van der Waals surface area contributed by atoms with E-state index in [9.17, 15) is 0 Å². The van der Waals surface area contributed by atoms with E-state index in [4.69, 9.17) is 0 Å². The summed E-state index contributed by atoms with van der Waals surface area (Å²) in [6.45, 7) is 2.32. The minimum Gasteiger partial charge on any atom is -1.00 e. The zero-order valence-corrected chi connectivity index (χ0v) is 13.2. The van der Waals surface area contributed by atoms with Gasteiger partial charge in [-0.2, -0.15) is 0 Å². The Morgan fingerprint density at radius 1 is 1.25 bits per heavy atom. The van der Waals surface area contributed by atoms with E-state index in [0.29, 0.717) is 0 Å². The van der Waals surface area contributed by atoms with Crippen LogP contribution in [0.25, 0.3) is 0 Å². The largest absolute Gasteiger partial charge is 1.00 e. The predicted octanol–water partition coefficient (Wildman–Crippen LogP) is -2.58. The van der Waals surface area contributed by atoms with E-state index >= 15 is 0 Å². The topological polar surface area (TPSA) is 0 Å². The predicted molar refractivity (Wildman–Crippen MR) is 54.3 cm³/mol. The third-order valence-corrected chi connectivity index (χ3v) is 5.33. The van der Waals surface area contributed by atoms with Gasteiger partial charge in [0.25, 0.3) is 0 Å². The molecule has 0 nitrogen and oxygen atoms in total. The Hall–Kier alpha value is 0.423. The summed E-state index contributed by atoms with van der Waals surface area (Å²) in [4.78, 5) is 0. The molecule has 3 aliphatic carbocycles. The first-order valence-corrected chi connectivity index (χ1v) is 6.52. The van der Waals surface area contributed by atoms with E-state index in [-0.39, 0.29) is 24.8 Å². The molecule has 0 aromatic rings. The molecule has 3 aliphatic rings. The second-order valence-electron chi connectivity index (χ2n) is 4.35. The Morgan fingerprint density at radius 3 is 2.44 bits per heavy atom. The zero-order valence-electron chi connectivity index (χ0n) is 9.19. The van der Waals surface area contributed by atoms with Crippen molar-refractivity contribution < 1.29 is 49.5 Å². The molecule has 3 rings (SSSR count). The fourth-order valence-corrected chi connectivity index (χ4v) is 4.04. The number of hydrogen-bond donors (Lipinski definition) is 0. The number of rotatable bonds is 1. The third kappa shape index (κ3) is 1.96. The molecular formula is C13H13Cl2Zr. The molecule has 0 aromatic heterocycles. The van der Waals surface area contributed by atoms with Crippen LogP contribution in [-0.2, 0) is 24.7 Å². The Bertz CT molecular complexity index is 415. The Labute approximate surface area is 125 Å². The molecule has 0 bridgehead atoms. The summed E-state index contributed by atoms with van der Waals surface area (Å²) in [5.41, 5.74) is 6.72. The summed E-state index contributed by atoms with van der Waals surface area (Å²) in [5, 5.41) is 0. The van der Waals surface area contributed by atoms with Gasteiger partial charge in [-0.25, -0.2) is 0 Å². The number of hydrogen-bond acceptors (Lipinski definition) is 0.